The maximum Gasteiger partial charge on any atom is 0.410 e. The molecule has 1 aromatic carbocycles. The van der Waals surface area contributed by atoms with E-state index in [1.165, 1.54) is 0 Å². The van der Waals surface area contributed by atoms with Crippen molar-refractivity contribution in [3.63, 3.8) is 0 Å². The van der Waals surface area contributed by atoms with Crippen LogP contribution in [0.25, 0.3) is 16.7 Å². The van der Waals surface area contributed by atoms with Gasteiger partial charge in [-0.2, -0.15) is 0 Å². The molecule has 12 heteroatoms. The third-order valence-electron chi connectivity index (χ3n) is 5.89. The first kappa shape index (κ1) is 25.3. The minimum atomic E-state index is -0.530. The summed E-state index contributed by atoms with van der Waals surface area (Å²) in [6.45, 7) is 8.15. The van der Waals surface area contributed by atoms with Gasteiger partial charge in [-0.1, -0.05) is 12.1 Å². The Kier molecular flexibility index (Phi) is 7.05. The van der Waals surface area contributed by atoms with Crippen LogP contribution in [0, 0.1) is 0 Å². The van der Waals surface area contributed by atoms with E-state index in [1.807, 2.05) is 51.1 Å². The number of piperazine rings is 1. The van der Waals surface area contributed by atoms with Gasteiger partial charge < -0.3 is 24.6 Å². The minimum absolute atomic E-state index is 0.253. The predicted octanol–water partition coefficient (Wildman–Crippen LogP) is 3.55. The third-order valence-corrected chi connectivity index (χ3v) is 5.89. The van der Waals surface area contributed by atoms with E-state index in [2.05, 4.69) is 20.2 Å². The second kappa shape index (κ2) is 10.6. The lowest BCUT2D eigenvalue weighted by Gasteiger charge is -2.36. The number of benzene rings is 1. The van der Waals surface area contributed by atoms with E-state index in [-0.39, 0.29) is 12.7 Å². The molecule has 0 aliphatic carbocycles. The fourth-order valence-electron chi connectivity index (χ4n) is 4.20. The van der Waals surface area contributed by atoms with Gasteiger partial charge in [0.15, 0.2) is 17.5 Å². The number of nitrogens with one attached hydrogen (secondary N) is 1. The number of ether oxygens (including phenoxy) is 2. The quantitative estimate of drug-likeness (QED) is 0.406. The molecule has 0 saturated carbocycles. The maximum atomic E-state index is 12.5. The highest BCUT2D eigenvalue weighted by Gasteiger charge is 2.27. The van der Waals surface area contributed by atoms with Gasteiger partial charge in [-0.15, -0.1) is 5.10 Å². The largest absolute Gasteiger partial charge is 0.444 e. The van der Waals surface area contributed by atoms with E-state index in [4.69, 9.17) is 24.5 Å². The Hall–Kier alpha value is -4.32. The van der Waals surface area contributed by atoms with Crippen molar-refractivity contribution in [2.45, 2.75) is 33.0 Å². The molecule has 1 aliphatic rings. The average molecular weight is 518 g/mol. The summed E-state index contributed by atoms with van der Waals surface area (Å²) in [4.78, 5) is 34.3. The first-order chi connectivity index (χ1) is 18.3. The summed E-state index contributed by atoms with van der Waals surface area (Å²) in [5, 5.41) is 9.00. The number of fused-ring (bicyclic) bond motifs is 1. The highest BCUT2D eigenvalue weighted by atomic mass is 16.6. The van der Waals surface area contributed by atoms with Gasteiger partial charge in [-0.25, -0.2) is 24.4 Å². The predicted molar refractivity (Wildman–Crippen MR) is 143 cm³/mol. The Bertz CT molecular complexity index is 1410. The zero-order valence-corrected chi connectivity index (χ0v) is 22.0. The van der Waals surface area contributed by atoms with Crippen molar-refractivity contribution < 1.29 is 14.3 Å². The van der Waals surface area contributed by atoms with E-state index in [0.717, 1.165) is 16.7 Å². The molecular formula is C26H31N9O3. The topological polar surface area (TPSA) is 123 Å². The highest BCUT2D eigenvalue weighted by Crippen LogP contribution is 2.28. The van der Waals surface area contributed by atoms with Crippen molar-refractivity contribution in [3.05, 3.63) is 54.7 Å². The molecule has 0 bridgehead atoms. The van der Waals surface area contributed by atoms with Gasteiger partial charge in [0.2, 0.25) is 0 Å². The van der Waals surface area contributed by atoms with Crippen LogP contribution in [-0.2, 0) is 16.1 Å². The SMILES string of the molecule is COCc1nc(N2CCN(C(=O)OC(C)(C)C)CC2)cc(-n2nc(Nc3cnccn3)c3ccccc32)n1. The molecule has 1 saturated heterocycles. The molecule has 4 aromatic rings. The number of carbonyl (C=O) groups is 1. The first-order valence-electron chi connectivity index (χ1n) is 12.4. The van der Waals surface area contributed by atoms with Crippen LogP contribution < -0.4 is 10.2 Å². The van der Waals surface area contributed by atoms with Crippen LogP contribution in [0.1, 0.15) is 26.6 Å². The van der Waals surface area contributed by atoms with Gasteiger partial charge >= 0.3 is 6.09 Å². The zero-order chi connectivity index (χ0) is 26.7. The number of hydrogen-bond donors (Lipinski definition) is 1. The summed E-state index contributed by atoms with van der Waals surface area (Å²) in [7, 11) is 1.61. The fraction of sp³-hybridized carbons (Fsp3) is 0.385. The number of carbonyl (C=O) groups excluding carboxylic acids is 1. The Labute approximate surface area is 220 Å². The molecule has 3 aromatic heterocycles. The molecule has 1 aliphatic heterocycles. The molecule has 0 atom stereocenters. The van der Waals surface area contributed by atoms with E-state index < -0.39 is 5.60 Å². The molecule has 5 rings (SSSR count). The van der Waals surface area contributed by atoms with Crippen molar-refractivity contribution >= 4 is 34.4 Å². The number of anilines is 3. The van der Waals surface area contributed by atoms with E-state index >= 15 is 0 Å². The number of aromatic nitrogens is 6. The molecule has 0 radical (unpaired) electrons. The minimum Gasteiger partial charge on any atom is -0.444 e. The van der Waals surface area contributed by atoms with E-state index in [0.29, 0.717) is 49.5 Å². The number of rotatable bonds is 6. The lowest BCUT2D eigenvalue weighted by molar-refractivity contribution is 0.0240. The van der Waals surface area contributed by atoms with Crippen molar-refractivity contribution in [2.75, 3.05) is 43.5 Å². The van der Waals surface area contributed by atoms with Gasteiger partial charge in [0.25, 0.3) is 0 Å². The van der Waals surface area contributed by atoms with Crippen LogP contribution in [0.5, 0.6) is 0 Å². The van der Waals surface area contributed by atoms with Crippen LogP contribution in [0.3, 0.4) is 0 Å². The van der Waals surface area contributed by atoms with Crippen LogP contribution in [0.2, 0.25) is 0 Å². The molecule has 198 valence electrons. The number of methoxy groups -OCH3 is 1. The first-order valence-corrected chi connectivity index (χ1v) is 12.4. The van der Waals surface area contributed by atoms with Gasteiger partial charge in [-0.3, -0.25) is 4.98 Å². The van der Waals surface area contributed by atoms with Gasteiger partial charge in [0.1, 0.15) is 23.8 Å². The smallest absolute Gasteiger partial charge is 0.410 e. The summed E-state index contributed by atoms with van der Waals surface area (Å²) in [5.41, 5.74) is 0.347. The molecule has 0 spiro atoms. The molecule has 4 heterocycles. The molecular weight excluding hydrogens is 486 g/mol. The highest BCUT2D eigenvalue weighted by molar-refractivity contribution is 5.92. The number of nitrogens with zero attached hydrogens (tertiary/aromatic N) is 8. The lowest BCUT2D eigenvalue weighted by atomic mass is 10.2. The van der Waals surface area contributed by atoms with Crippen LogP contribution >= 0.6 is 0 Å². The standard InChI is InChI=1S/C26H31N9O3/c1-26(2,3)38-25(36)34-13-11-33(12-14-34)22-15-23(30-21(29-22)17-37-4)35-19-8-6-5-7-18(19)24(32-35)31-20-16-27-9-10-28-20/h5-10,15-16H,11-14,17H2,1-4H3,(H,28,31,32). The lowest BCUT2D eigenvalue weighted by Crippen LogP contribution is -2.50. The summed E-state index contributed by atoms with van der Waals surface area (Å²) in [6, 6.07) is 9.81. The Morgan fingerprint density at radius 1 is 1.05 bits per heavy atom. The van der Waals surface area contributed by atoms with Crippen molar-refractivity contribution in [2.24, 2.45) is 0 Å². The molecule has 1 amide bonds. The van der Waals surface area contributed by atoms with Crippen LogP contribution in [-0.4, -0.2) is 79.6 Å². The number of hydrogen-bond acceptors (Lipinski definition) is 10. The molecule has 0 unspecified atom stereocenters. The maximum absolute atomic E-state index is 12.5. The fourth-order valence-corrected chi connectivity index (χ4v) is 4.20. The van der Waals surface area contributed by atoms with Crippen molar-refractivity contribution in [3.8, 4) is 5.82 Å². The Morgan fingerprint density at radius 2 is 1.82 bits per heavy atom. The van der Waals surface area contributed by atoms with E-state index in [9.17, 15) is 4.79 Å². The molecule has 12 nitrogen and oxygen atoms in total. The second-order valence-corrected chi connectivity index (χ2v) is 9.88. The average Bonchev–Trinajstić information content (AvgIpc) is 3.27. The Balaban J connectivity index is 1.45. The van der Waals surface area contributed by atoms with Gasteiger partial charge in [0, 0.05) is 57.1 Å². The van der Waals surface area contributed by atoms with Gasteiger partial charge in [0.05, 0.1) is 11.7 Å². The number of para-hydroxylation sites is 1. The van der Waals surface area contributed by atoms with E-state index in [1.54, 1.807) is 35.3 Å². The summed E-state index contributed by atoms with van der Waals surface area (Å²) in [6.07, 6.45) is 4.59. The van der Waals surface area contributed by atoms with Crippen molar-refractivity contribution in [1.82, 2.24) is 34.6 Å². The van der Waals surface area contributed by atoms with Crippen molar-refractivity contribution in [1.29, 1.82) is 0 Å². The summed E-state index contributed by atoms with van der Waals surface area (Å²) < 4.78 is 12.7. The number of amides is 1. The summed E-state index contributed by atoms with van der Waals surface area (Å²) >= 11 is 0. The monoisotopic (exact) mass is 517 g/mol. The van der Waals surface area contributed by atoms with Crippen LogP contribution in [0.4, 0.5) is 22.2 Å². The second-order valence-electron chi connectivity index (χ2n) is 9.88. The molecule has 1 N–H and O–H groups in total. The molecule has 38 heavy (non-hydrogen) atoms. The van der Waals surface area contributed by atoms with Crippen LogP contribution in [0.15, 0.2) is 48.9 Å². The third kappa shape index (κ3) is 5.65. The summed E-state index contributed by atoms with van der Waals surface area (Å²) in [5.74, 6) is 3.13. The normalized spacial score (nSPS) is 14.1. The molecule has 1 fully saturated rings. The van der Waals surface area contributed by atoms with Gasteiger partial charge in [-0.05, 0) is 32.9 Å². The Morgan fingerprint density at radius 3 is 2.53 bits per heavy atom. The zero-order valence-electron chi connectivity index (χ0n) is 22.0.